The van der Waals surface area contributed by atoms with Gasteiger partial charge in [0.1, 0.15) is 5.69 Å². The first-order valence-electron chi connectivity index (χ1n) is 3.72. The van der Waals surface area contributed by atoms with Crippen LogP contribution in [-0.2, 0) is 10.9 Å². The summed E-state index contributed by atoms with van der Waals surface area (Å²) in [6.07, 6.45) is -3.89. The molecule has 0 spiro atoms. The lowest BCUT2D eigenvalue weighted by Crippen LogP contribution is -2.10. The van der Waals surface area contributed by atoms with Gasteiger partial charge in [-0.15, -0.1) is 12.4 Å². The second-order valence-electron chi connectivity index (χ2n) is 2.59. The van der Waals surface area contributed by atoms with Crippen molar-refractivity contribution in [2.75, 3.05) is 7.11 Å². The van der Waals surface area contributed by atoms with Crippen LogP contribution in [0.15, 0.2) is 12.3 Å². The molecule has 8 heteroatoms. The van der Waals surface area contributed by atoms with Crippen molar-refractivity contribution in [3.63, 3.8) is 0 Å². The summed E-state index contributed by atoms with van der Waals surface area (Å²) in [4.78, 5) is 3.41. The Labute approximate surface area is 100 Å². The van der Waals surface area contributed by atoms with Crippen molar-refractivity contribution in [2.24, 2.45) is 0 Å². The maximum absolute atomic E-state index is 12.2. The Balaban J connectivity index is 0.00000225. The van der Waals surface area contributed by atoms with Crippen molar-refractivity contribution in [1.29, 1.82) is 5.41 Å². The van der Waals surface area contributed by atoms with E-state index in [9.17, 15) is 13.2 Å². The fourth-order valence-corrected chi connectivity index (χ4v) is 1.11. The molecule has 1 aromatic rings. The molecule has 0 aliphatic carbocycles. The number of rotatable bonds is 1. The highest BCUT2D eigenvalue weighted by molar-refractivity contribution is 6.33. The predicted octanol–water partition coefficient (Wildman–Crippen LogP) is 3.15. The molecule has 0 atom stereocenters. The number of nitrogens with one attached hydrogen (secondary N) is 1. The van der Waals surface area contributed by atoms with Crippen LogP contribution in [0.5, 0.6) is 0 Å². The van der Waals surface area contributed by atoms with Crippen LogP contribution >= 0.6 is 24.0 Å². The highest BCUT2D eigenvalue weighted by Crippen LogP contribution is 2.31. The molecule has 0 saturated heterocycles. The molecule has 0 aliphatic rings. The van der Waals surface area contributed by atoms with Crippen LogP contribution in [0.4, 0.5) is 13.2 Å². The fourth-order valence-electron chi connectivity index (χ4n) is 0.857. The minimum atomic E-state index is -4.50. The maximum Gasteiger partial charge on any atom is 0.417 e. The molecule has 0 radical (unpaired) electrons. The molecule has 0 bridgehead atoms. The van der Waals surface area contributed by atoms with Gasteiger partial charge >= 0.3 is 6.18 Å². The molecule has 90 valence electrons. The van der Waals surface area contributed by atoms with Gasteiger partial charge in [0.2, 0.25) is 5.90 Å². The van der Waals surface area contributed by atoms with Gasteiger partial charge in [0, 0.05) is 6.20 Å². The first-order chi connectivity index (χ1) is 6.86. The van der Waals surface area contributed by atoms with Gasteiger partial charge in [-0.1, -0.05) is 11.6 Å². The normalized spacial score (nSPS) is 10.6. The van der Waals surface area contributed by atoms with Gasteiger partial charge in [0.25, 0.3) is 0 Å². The van der Waals surface area contributed by atoms with E-state index in [1.54, 1.807) is 0 Å². The molecule has 1 rings (SSSR count). The number of methoxy groups -OCH3 is 1. The zero-order valence-corrected chi connectivity index (χ0v) is 9.50. The molecule has 3 nitrogen and oxygen atoms in total. The van der Waals surface area contributed by atoms with Crippen LogP contribution < -0.4 is 0 Å². The van der Waals surface area contributed by atoms with Crippen molar-refractivity contribution in [3.8, 4) is 0 Å². The average Bonchev–Trinajstić information content (AvgIpc) is 2.15. The lowest BCUT2D eigenvalue weighted by molar-refractivity contribution is -0.137. The number of ether oxygens (including phenoxy) is 1. The van der Waals surface area contributed by atoms with Crippen LogP contribution in [0.25, 0.3) is 0 Å². The summed E-state index contributed by atoms with van der Waals surface area (Å²) in [5.74, 6) is -0.381. The monoisotopic (exact) mass is 274 g/mol. The standard InChI is InChI=1S/C8H6ClF3N2O.ClH/c1-15-7(13)6-5(9)2-4(3-14-6)8(10,11)12;/h2-3,13H,1H3;1H. The minimum Gasteiger partial charge on any atom is -0.480 e. The molecular weight excluding hydrogens is 268 g/mol. The first-order valence-corrected chi connectivity index (χ1v) is 4.09. The van der Waals surface area contributed by atoms with Gasteiger partial charge in [-0.25, -0.2) is 4.98 Å². The zero-order chi connectivity index (χ0) is 11.6. The second kappa shape index (κ2) is 5.36. The number of alkyl halides is 3. The van der Waals surface area contributed by atoms with Gasteiger partial charge < -0.3 is 4.74 Å². The number of aromatic nitrogens is 1. The Morgan fingerprint density at radius 2 is 2.06 bits per heavy atom. The third-order valence-electron chi connectivity index (χ3n) is 1.59. The van der Waals surface area contributed by atoms with Gasteiger partial charge in [0.15, 0.2) is 0 Å². The van der Waals surface area contributed by atoms with E-state index in [2.05, 4.69) is 9.72 Å². The summed E-state index contributed by atoms with van der Waals surface area (Å²) < 4.78 is 41.1. The van der Waals surface area contributed by atoms with Gasteiger partial charge in [-0.05, 0) is 6.07 Å². The number of hydrogen-bond donors (Lipinski definition) is 1. The largest absolute Gasteiger partial charge is 0.480 e. The molecule has 0 fully saturated rings. The SMILES string of the molecule is COC(=N)c1ncc(C(F)(F)F)cc1Cl.Cl. The van der Waals surface area contributed by atoms with E-state index >= 15 is 0 Å². The van der Waals surface area contributed by atoms with Gasteiger partial charge in [-0.2, -0.15) is 13.2 Å². The quantitative estimate of drug-likeness (QED) is 0.632. The number of nitrogens with zero attached hydrogens (tertiary/aromatic N) is 1. The summed E-state index contributed by atoms with van der Waals surface area (Å²) in [5, 5.41) is 6.93. The molecule has 1 aromatic heterocycles. The third-order valence-corrected chi connectivity index (χ3v) is 1.88. The van der Waals surface area contributed by atoms with E-state index in [1.807, 2.05) is 0 Å². The summed E-state index contributed by atoms with van der Waals surface area (Å²) in [5.41, 5.74) is -1.08. The first kappa shape index (κ1) is 15.0. The molecule has 0 aliphatic heterocycles. The average molecular weight is 275 g/mol. The van der Waals surface area contributed by atoms with Crippen molar-refractivity contribution >= 4 is 29.9 Å². The molecule has 0 unspecified atom stereocenters. The van der Waals surface area contributed by atoms with E-state index in [4.69, 9.17) is 17.0 Å². The summed E-state index contributed by atoms with van der Waals surface area (Å²) in [6, 6.07) is 0.706. The molecule has 16 heavy (non-hydrogen) atoms. The maximum atomic E-state index is 12.2. The fraction of sp³-hybridized carbons (Fsp3) is 0.250. The van der Waals surface area contributed by atoms with Crippen LogP contribution in [0.1, 0.15) is 11.3 Å². The summed E-state index contributed by atoms with van der Waals surface area (Å²) in [6.45, 7) is 0. The highest BCUT2D eigenvalue weighted by atomic mass is 35.5. The van der Waals surface area contributed by atoms with Crippen LogP contribution in [0.3, 0.4) is 0 Å². The summed E-state index contributed by atoms with van der Waals surface area (Å²) >= 11 is 5.53. The van der Waals surface area contributed by atoms with Gasteiger partial charge in [-0.3, -0.25) is 5.41 Å². The third kappa shape index (κ3) is 3.24. The Morgan fingerprint density at radius 1 is 1.50 bits per heavy atom. The smallest absolute Gasteiger partial charge is 0.417 e. The Bertz CT molecular complexity index is 395. The van der Waals surface area contributed by atoms with E-state index in [-0.39, 0.29) is 29.0 Å². The van der Waals surface area contributed by atoms with E-state index < -0.39 is 11.7 Å². The Kier molecular flexibility index (Phi) is 5.02. The Morgan fingerprint density at radius 3 is 2.44 bits per heavy atom. The summed E-state index contributed by atoms with van der Waals surface area (Å²) in [7, 11) is 1.21. The zero-order valence-electron chi connectivity index (χ0n) is 7.93. The Hall–Kier alpha value is -1.01. The van der Waals surface area contributed by atoms with E-state index in [0.717, 1.165) is 0 Å². The topological polar surface area (TPSA) is 46.0 Å². The lowest BCUT2D eigenvalue weighted by Gasteiger charge is -2.08. The number of pyridine rings is 1. The minimum absolute atomic E-state index is 0. The van der Waals surface area contributed by atoms with Crippen LogP contribution in [0.2, 0.25) is 5.02 Å². The molecule has 1 heterocycles. The molecule has 0 amide bonds. The highest BCUT2D eigenvalue weighted by Gasteiger charge is 2.31. The second-order valence-corrected chi connectivity index (χ2v) is 2.99. The lowest BCUT2D eigenvalue weighted by atomic mass is 10.2. The van der Waals surface area contributed by atoms with Crippen LogP contribution in [-0.4, -0.2) is 18.0 Å². The van der Waals surface area contributed by atoms with E-state index in [1.165, 1.54) is 7.11 Å². The van der Waals surface area contributed by atoms with E-state index in [0.29, 0.717) is 12.3 Å². The molecular formula is C8H7Cl2F3N2O. The molecule has 0 saturated carbocycles. The van der Waals surface area contributed by atoms with Crippen molar-refractivity contribution < 1.29 is 17.9 Å². The molecule has 0 aromatic carbocycles. The van der Waals surface area contributed by atoms with Crippen molar-refractivity contribution in [1.82, 2.24) is 4.98 Å². The predicted molar refractivity (Wildman–Crippen MR) is 55.3 cm³/mol. The van der Waals surface area contributed by atoms with Crippen molar-refractivity contribution in [2.45, 2.75) is 6.18 Å². The van der Waals surface area contributed by atoms with Crippen LogP contribution in [0, 0.1) is 5.41 Å². The van der Waals surface area contributed by atoms with Gasteiger partial charge in [0.05, 0.1) is 17.7 Å². The number of hydrogen-bond acceptors (Lipinski definition) is 3. The van der Waals surface area contributed by atoms with Crippen molar-refractivity contribution in [3.05, 3.63) is 28.5 Å². The number of halogens is 5. The molecule has 1 N–H and O–H groups in total.